The lowest BCUT2D eigenvalue weighted by Gasteiger charge is -2.06. The van der Waals surface area contributed by atoms with Gasteiger partial charge < -0.3 is 10.1 Å². The Hall–Kier alpha value is -2.63. The van der Waals surface area contributed by atoms with Crippen LogP contribution in [0.1, 0.15) is 17.0 Å². The Kier molecular flexibility index (Phi) is 5.51. The second-order valence-electron chi connectivity index (χ2n) is 5.13. The molecular formula is C17H20FN3O2. The molecule has 2 aromatic rings. The normalized spacial score (nSPS) is 11.0. The SMILES string of the molecule is Cc1nn(C)c(C)c1C=CC(=O)NCCOc1ccc(F)cc1. The van der Waals surface area contributed by atoms with Gasteiger partial charge in [0.15, 0.2) is 0 Å². The van der Waals surface area contributed by atoms with Gasteiger partial charge in [-0.1, -0.05) is 0 Å². The molecule has 0 aliphatic rings. The topological polar surface area (TPSA) is 56.2 Å². The zero-order valence-corrected chi connectivity index (χ0v) is 13.5. The number of benzene rings is 1. The van der Waals surface area contributed by atoms with Crippen molar-refractivity contribution in [2.45, 2.75) is 13.8 Å². The number of amides is 1. The quantitative estimate of drug-likeness (QED) is 0.657. The van der Waals surface area contributed by atoms with Crippen LogP contribution in [0.15, 0.2) is 30.3 Å². The maximum absolute atomic E-state index is 12.7. The summed E-state index contributed by atoms with van der Waals surface area (Å²) in [5.41, 5.74) is 2.84. The van der Waals surface area contributed by atoms with Crippen LogP contribution in [0.4, 0.5) is 4.39 Å². The van der Waals surface area contributed by atoms with E-state index >= 15 is 0 Å². The number of ether oxygens (including phenoxy) is 1. The van der Waals surface area contributed by atoms with E-state index in [0.29, 0.717) is 18.9 Å². The molecule has 5 nitrogen and oxygen atoms in total. The lowest BCUT2D eigenvalue weighted by atomic mass is 10.2. The molecule has 1 N–H and O–H groups in total. The lowest BCUT2D eigenvalue weighted by molar-refractivity contribution is -0.116. The van der Waals surface area contributed by atoms with Crippen molar-refractivity contribution in [3.05, 3.63) is 53.1 Å². The molecule has 6 heteroatoms. The van der Waals surface area contributed by atoms with Crippen molar-refractivity contribution >= 4 is 12.0 Å². The zero-order chi connectivity index (χ0) is 16.8. The minimum Gasteiger partial charge on any atom is -0.492 e. The molecule has 0 fully saturated rings. The average molecular weight is 317 g/mol. The Morgan fingerprint density at radius 1 is 1.35 bits per heavy atom. The van der Waals surface area contributed by atoms with Crippen LogP contribution in [0, 0.1) is 19.7 Å². The van der Waals surface area contributed by atoms with Crippen molar-refractivity contribution in [3.63, 3.8) is 0 Å². The minimum atomic E-state index is -0.309. The number of hydrogen-bond donors (Lipinski definition) is 1. The first-order chi connectivity index (χ1) is 11.0. The van der Waals surface area contributed by atoms with Crippen molar-refractivity contribution in [2.24, 2.45) is 7.05 Å². The third kappa shape index (κ3) is 4.67. The van der Waals surface area contributed by atoms with Gasteiger partial charge in [0.1, 0.15) is 18.2 Å². The third-order valence-corrected chi connectivity index (χ3v) is 3.45. The summed E-state index contributed by atoms with van der Waals surface area (Å²) in [6.07, 6.45) is 3.24. The van der Waals surface area contributed by atoms with Gasteiger partial charge in [0.2, 0.25) is 5.91 Å². The molecule has 0 aliphatic heterocycles. The third-order valence-electron chi connectivity index (χ3n) is 3.45. The lowest BCUT2D eigenvalue weighted by Crippen LogP contribution is -2.26. The van der Waals surface area contributed by atoms with Gasteiger partial charge in [0, 0.05) is 24.4 Å². The fourth-order valence-corrected chi connectivity index (χ4v) is 2.12. The molecule has 122 valence electrons. The summed E-state index contributed by atoms with van der Waals surface area (Å²) in [5.74, 6) is 0.0601. The minimum absolute atomic E-state index is 0.199. The van der Waals surface area contributed by atoms with Crippen LogP contribution in [0.3, 0.4) is 0 Å². The van der Waals surface area contributed by atoms with Gasteiger partial charge in [-0.05, 0) is 44.2 Å². The number of nitrogens with one attached hydrogen (secondary N) is 1. The highest BCUT2D eigenvalue weighted by Crippen LogP contribution is 2.13. The molecule has 23 heavy (non-hydrogen) atoms. The van der Waals surface area contributed by atoms with Crippen LogP contribution in [0.2, 0.25) is 0 Å². The van der Waals surface area contributed by atoms with E-state index in [1.807, 2.05) is 20.9 Å². The van der Waals surface area contributed by atoms with Gasteiger partial charge in [0.05, 0.1) is 12.2 Å². The first-order valence-corrected chi connectivity index (χ1v) is 7.32. The fraction of sp³-hybridized carbons (Fsp3) is 0.294. The molecule has 1 amide bonds. The Bertz CT molecular complexity index is 705. The largest absolute Gasteiger partial charge is 0.492 e. The van der Waals surface area contributed by atoms with Gasteiger partial charge in [-0.3, -0.25) is 9.48 Å². The van der Waals surface area contributed by atoms with Crippen LogP contribution in [-0.4, -0.2) is 28.8 Å². The highest BCUT2D eigenvalue weighted by atomic mass is 19.1. The van der Waals surface area contributed by atoms with Gasteiger partial charge in [-0.25, -0.2) is 4.39 Å². The number of hydrogen-bond acceptors (Lipinski definition) is 3. The molecule has 1 aromatic carbocycles. The highest BCUT2D eigenvalue weighted by Gasteiger charge is 2.06. The monoisotopic (exact) mass is 317 g/mol. The van der Waals surface area contributed by atoms with Gasteiger partial charge >= 0.3 is 0 Å². The summed E-state index contributed by atoms with van der Waals surface area (Å²) >= 11 is 0. The zero-order valence-electron chi connectivity index (χ0n) is 13.5. The number of aryl methyl sites for hydroxylation is 2. The second-order valence-corrected chi connectivity index (χ2v) is 5.13. The van der Waals surface area contributed by atoms with Crippen LogP contribution < -0.4 is 10.1 Å². The first-order valence-electron chi connectivity index (χ1n) is 7.32. The number of carbonyl (C=O) groups excluding carboxylic acids is 1. The molecule has 1 aromatic heterocycles. The smallest absolute Gasteiger partial charge is 0.244 e. The van der Waals surface area contributed by atoms with Gasteiger partial charge in [-0.15, -0.1) is 0 Å². The second kappa shape index (κ2) is 7.58. The maximum Gasteiger partial charge on any atom is 0.244 e. The van der Waals surface area contributed by atoms with E-state index in [9.17, 15) is 9.18 Å². The van der Waals surface area contributed by atoms with Crippen molar-refractivity contribution in [3.8, 4) is 5.75 Å². The average Bonchev–Trinajstić information content (AvgIpc) is 2.76. The molecular weight excluding hydrogens is 297 g/mol. The summed E-state index contributed by atoms with van der Waals surface area (Å²) in [6, 6.07) is 5.75. The summed E-state index contributed by atoms with van der Waals surface area (Å²) in [5, 5.41) is 7.02. The van der Waals surface area contributed by atoms with E-state index < -0.39 is 0 Å². The summed E-state index contributed by atoms with van der Waals surface area (Å²) in [6.45, 7) is 4.54. The standard InChI is InChI=1S/C17H20FN3O2/c1-12-16(13(2)21(3)20-12)8-9-17(22)19-10-11-23-15-6-4-14(18)5-7-15/h4-9H,10-11H2,1-3H3,(H,19,22). The Labute approximate surface area is 134 Å². The Balaban J connectivity index is 1.76. The van der Waals surface area contributed by atoms with E-state index in [-0.39, 0.29) is 11.7 Å². The molecule has 0 saturated carbocycles. The van der Waals surface area contributed by atoms with E-state index in [1.165, 1.54) is 18.2 Å². The number of halogens is 1. The van der Waals surface area contributed by atoms with Gasteiger partial charge in [0.25, 0.3) is 0 Å². The summed E-state index contributed by atoms with van der Waals surface area (Å²) in [7, 11) is 1.87. The number of rotatable bonds is 6. The molecule has 0 radical (unpaired) electrons. The predicted octanol–water partition coefficient (Wildman–Crippen LogP) is 2.38. The Morgan fingerprint density at radius 2 is 2.04 bits per heavy atom. The van der Waals surface area contributed by atoms with Gasteiger partial charge in [-0.2, -0.15) is 5.10 Å². The number of carbonyl (C=O) groups is 1. The van der Waals surface area contributed by atoms with E-state index in [2.05, 4.69) is 10.4 Å². The van der Waals surface area contributed by atoms with E-state index in [0.717, 1.165) is 17.0 Å². The van der Waals surface area contributed by atoms with Crippen molar-refractivity contribution in [1.82, 2.24) is 15.1 Å². The van der Waals surface area contributed by atoms with Crippen LogP contribution in [-0.2, 0) is 11.8 Å². The molecule has 0 spiro atoms. The van der Waals surface area contributed by atoms with E-state index in [1.54, 1.807) is 22.9 Å². The van der Waals surface area contributed by atoms with Crippen molar-refractivity contribution in [2.75, 3.05) is 13.2 Å². The summed E-state index contributed by atoms with van der Waals surface area (Å²) in [4.78, 5) is 11.8. The van der Waals surface area contributed by atoms with Crippen molar-refractivity contribution in [1.29, 1.82) is 0 Å². The fourth-order valence-electron chi connectivity index (χ4n) is 2.12. The number of aromatic nitrogens is 2. The molecule has 0 saturated heterocycles. The van der Waals surface area contributed by atoms with E-state index in [4.69, 9.17) is 4.74 Å². The molecule has 0 atom stereocenters. The van der Waals surface area contributed by atoms with Crippen molar-refractivity contribution < 1.29 is 13.9 Å². The molecule has 0 aliphatic carbocycles. The molecule has 0 bridgehead atoms. The highest BCUT2D eigenvalue weighted by molar-refractivity contribution is 5.91. The van der Waals surface area contributed by atoms with Crippen LogP contribution in [0.5, 0.6) is 5.75 Å². The van der Waals surface area contributed by atoms with Crippen LogP contribution >= 0.6 is 0 Å². The summed E-state index contributed by atoms with van der Waals surface area (Å²) < 4.78 is 19.9. The predicted molar refractivity (Wildman–Crippen MR) is 86.6 cm³/mol. The number of nitrogens with zero attached hydrogens (tertiary/aromatic N) is 2. The Morgan fingerprint density at radius 3 is 2.65 bits per heavy atom. The molecule has 1 heterocycles. The van der Waals surface area contributed by atoms with Crippen LogP contribution in [0.25, 0.3) is 6.08 Å². The first kappa shape index (κ1) is 16.7. The molecule has 0 unspecified atom stereocenters. The maximum atomic E-state index is 12.7. The molecule has 2 rings (SSSR count).